The van der Waals surface area contributed by atoms with E-state index in [2.05, 4.69) is 13.8 Å². The highest BCUT2D eigenvalue weighted by Gasteiger charge is 2.35. The number of carbonyl (C=O) groups is 2. The van der Waals surface area contributed by atoms with Crippen LogP contribution in [0.1, 0.15) is 117 Å². The first-order valence-corrected chi connectivity index (χ1v) is 12.2. The van der Waals surface area contributed by atoms with Crippen molar-refractivity contribution >= 4 is 11.9 Å². The van der Waals surface area contributed by atoms with Crippen molar-refractivity contribution in [3.63, 3.8) is 0 Å². The molecule has 0 spiro atoms. The minimum Gasteiger partial charge on any atom is -0.481 e. The van der Waals surface area contributed by atoms with E-state index in [0.717, 1.165) is 25.7 Å². The second-order valence-corrected chi connectivity index (χ2v) is 8.67. The third kappa shape index (κ3) is 11.4. The predicted octanol–water partition coefficient (Wildman–Crippen LogP) is 7.07. The van der Waals surface area contributed by atoms with Crippen LogP contribution in [-0.4, -0.2) is 23.1 Å². The Hall–Kier alpha value is -1.32. The number of allylic oxidation sites excluding steroid dienone is 2. The Labute approximate surface area is 178 Å². The van der Waals surface area contributed by atoms with E-state index in [1.807, 2.05) is 12.2 Å². The van der Waals surface area contributed by atoms with Gasteiger partial charge in [-0.15, -0.1) is 0 Å². The number of hydrogen-bond donors (Lipinski definition) is 1. The van der Waals surface area contributed by atoms with E-state index in [1.54, 1.807) is 0 Å². The van der Waals surface area contributed by atoms with Crippen molar-refractivity contribution in [2.45, 2.75) is 123 Å². The maximum absolute atomic E-state index is 12.6. The lowest BCUT2D eigenvalue weighted by molar-refractivity contribution is -0.162. The molecule has 1 N–H and O–H groups in total. The number of hydrogen-bond acceptors (Lipinski definition) is 3. The summed E-state index contributed by atoms with van der Waals surface area (Å²) in [6.45, 7) is 4.36. The van der Waals surface area contributed by atoms with Crippen LogP contribution in [0.4, 0.5) is 0 Å². The highest BCUT2D eigenvalue weighted by molar-refractivity contribution is 5.81. The number of esters is 1. The Kier molecular flexibility index (Phi) is 14.6. The van der Waals surface area contributed by atoms with Crippen LogP contribution in [-0.2, 0) is 14.3 Å². The first-order chi connectivity index (χ1) is 14.1. The molecule has 4 heteroatoms. The quantitative estimate of drug-likeness (QED) is 0.159. The van der Waals surface area contributed by atoms with Crippen molar-refractivity contribution in [2.75, 3.05) is 0 Å². The monoisotopic (exact) mass is 408 g/mol. The third-order valence-electron chi connectivity index (χ3n) is 6.08. The molecular formula is C25H44O4. The van der Waals surface area contributed by atoms with E-state index in [4.69, 9.17) is 4.74 Å². The normalized spacial score (nSPS) is 19.8. The summed E-state index contributed by atoms with van der Waals surface area (Å²) >= 11 is 0. The Morgan fingerprint density at radius 3 is 1.83 bits per heavy atom. The molecule has 4 nitrogen and oxygen atoms in total. The van der Waals surface area contributed by atoms with Crippen LogP contribution in [0, 0.1) is 11.8 Å². The van der Waals surface area contributed by atoms with Gasteiger partial charge in [0.1, 0.15) is 6.10 Å². The van der Waals surface area contributed by atoms with Gasteiger partial charge in [0.2, 0.25) is 0 Å². The molecule has 0 saturated heterocycles. The number of aliphatic carboxylic acids is 1. The molecule has 0 radical (unpaired) electrons. The molecule has 0 saturated carbocycles. The fourth-order valence-electron chi connectivity index (χ4n) is 4.22. The molecule has 0 aromatic heterocycles. The topological polar surface area (TPSA) is 63.6 Å². The van der Waals surface area contributed by atoms with Gasteiger partial charge in [-0.25, -0.2) is 0 Å². The van der Waals surface area contributed by atoms with Gasteiger partial charge in [0.25, 0.3) is 0 Å². The molecule has 0 aromatic carbocycles. The van der Waals surface area contributed by atoms with Gasteiger partial charge in [0, 0.05) is 0 Å². The molecule has 1 aliphatic carbocycles. The zero-order valence-electron chi connectivity index (χ0n) is 18.9. The predicted molar refractivity (Wildman–Crippen MR) is 119 cm³/mol. The molecule has 1 rings (SSSR count). The summed E-state index contributed by atoms with van der Waals surface area (Å²) in [5.74, 6) is -2.39. The maximum atomic E-state index is 12.6. The third-order valence-corrected chi connectivity index (χ3v) is 6.08. The molecule has 3 atom stereocenters. The highest BCUT2D eigenvalue weighted by Crippen LogP contribution is 2.28. The second kappa shape index (κ2) is 16.5. The van der Waals surface area contributed by atoms with Gasteiger partial charge in [-0.1, -0.05) is 96.6 Å². The van der Waals surface area contributed by atoms with Gasteiger partial charge in [-0.3, -0.25) is 9.59 Å². The zero-order valence-corrected chi connectivity index (χ0v) is 18.9. The minimum absolute atomic E-state index is 0.0635. The zero-order chi connectivity index (χ0) is 21.3. The summed E-state index contributed by atoms with van der Waals surface area (Å²) in [5.41, 5.74) is 0. The van der Waals surface area contributed by atoms with Crippen molar-refractivity contribution < 1.29 is 19.4 Å². The molecule has 29 heavy (non-hydrogen) atoms. The van der Waals surface area contributed by atoms with Gasteiger partial charge < -0.3 is 9.84 Å². The Balaban J connectivity index is 2.20. The molecule has 0 heterocycles. The molecule has 0 amide bonds. The van der Waals surface area contributed by atoms with Crippen LogP contribution < -0.4 is 0 Å². The van der Waals surface area contributed by atoms with Gasteiger partial charge >= 0.3 is 11.9 Å². The molecule has 0 aromatic rings. The van der Waals surface area contributed by atoms with Crippen LogP contribution in [0.5, 0.6) is 0 Å². The maximum Gasteiger partial charge on any atom is 0.310 e. The molecule has 0 bridgehead atoms. The average molecular weight is 409 g/mol. The first kappa shape index (κ1) is 25.7. The standard InChI is InChI=1S/C25H44O4/c1-3-5-6-7-8-9-10-11-12-13-14-18-21(17-4-2)29-25(28)23-20-16-15-19-22(23)24(26)27/h15-16,21-23H,3-14,17-20H2,1-2H3,(H,26,27). The van der Waals surface area contributed by atoms with Crippen LogP contribution in [0.2, 0.25) is 0 Å². The average Bonchev–Trinajstić information content (AvgIpc) is 2.72. The van der Waals surface area contributed by atoms with E-state index in [1.165, 1.54) is 64.2 Å². The smallest absolute Gasteiger partial charge is 0.310 e. The van der Waals surface area contributed by atoms with Gasteiger partial charge in [0.05, 0.1) is 11.8 Å². The van der Waals surface area contributed by atoms with Crippen LogP contribution in [0.15, 0.2) is 12.2 Å². The first-order valence-electron chi connectivity index (χ1n) is 12.2. The Morgan fingerprint density at radius 1 is 0.793 bits per heavy atom. The summed E-state index contributed by atoms with van der Waals surface area (Å²) in [6.07, 6.45) is 21.7. The van der Waals surface area contributed by atoms with E-state index in [0.29, 0.717) is 12.8 Å². The van der Waals surface area contributed by atoms with Crippen molar-refractivity contribution in [3.8, 4) is 0 Å². The molecule has 1 aliphatic rings. The fraction of sp³-hybridized carbons (Fsp3) is 0.840. The summed E-state index contributed by atoms with van der Waals surface area (Å²) in [7, 11) is 0. The number of ether oxygens (including phenoxy) is 1. The lowest BCUT2D eigenvalue weighted by atomic mass is 9.83. The van der Waals surface area contributed by atoms with Crippen LogP contribution >= 0.6 is 0 Å². The second-order valence-electron chi connectivity index (χ2n) is 8.67. The van der Waals surface area contributed by atoms with Crippen molar-refractivity contribution in [1.29, 1.82) is 0 Å². The minimum atomic E-state index is -0.895. The fourth-order valence-corrected chi connectivity index (χ4v) is 4.22. The van der Waals surface area contributed by atoms with E-state index < -0.39 is 17.8 Å². The van der Waals surface area contributed by atoms with Crippen molar-refractivity contribution in [3.05, 3.63) is 12.2 Å². The van der Waals surface area contributed by atoms with Gasteiger partial charge in [-0.05, 0) is 32.1 Å². The molecule has 0 fully saturated rings. The summed E-state index contributed by atoms with van der Waals surface area (Å²) in [4.78, 5) is 24.0. The van der Waals surface area contributed by atoms with Gasteiger partial charge in [0.15, 0.2) is 0 Å². The van der Waals surface area contributed by atoms with E-state index in [9.17, 15) is 14.7 Å². The number of rotatable bonds is 17. The molecule has 168 valence electrons. The highest BCUT2D eigenvalue weighted by atomic mass is 16.5. The van der Waals surface area contributed by atoms with Crippen molar-refractivity contribution in [1.82, 2.24) is 0 Å². The molecular weight excluding hydrogens is 364 g/mol. The Morgan fingerprint density at radius 2 is 1.31 bits per heavy atom. The number of carboxylic acid groups (broad SMARTS) is 1. The Bertz CT molecular complexity index is 471. The van der Waals surface area contributed by atoms with Crippen LogP contribution in [0.25, 0.3) is 0 Å². The summed E-state index contributed by atoms with van der Waals surface area (Å²) < 4.78 is 5.77. The molecule has 0 aliphatic heterocycles. The molecule has 3 unspecified atom stereocenters. The number of carboxylic acids is 1. The van der Waals surface area contributed by atoms with Gasteiger partial charge in [-0.2, -0.15) is 0 Å². The van der Waals surface area contributed by atoms with E-state index in [-0.39, 0.29) is 12.1 Å². The van der Waals surface area contributed by atoms with E-state index >= 15 is 0 Å². The van der Waals surface area contributed by atoms with Crippen LogP contribution in [0.3, 0.4) is 0 Å². The number of unbranched alkanes of at least 4 members (excludes halogenated alkanes) is 10. The summed E-state index contributed by atoms with van der Waals surface area (Å²) in [6, 6.07) is 0. The lowest BCUT2D eigenvalue weighted by Crippen LogP contribution is -2.34. The summed E-state index contributed by atoms with van der Waals surface area (Å²) in [5, 5.41) is 9.37. The lowest BCUT2D eigenvalue weighted by Gasteiger charge is -2.26. The van der Waals surface area contributed by atoms with Crippen molar-refractivity contribution in [2.24, 2.45) is 11.8 Å². The SMILES string of the molecule is CCCCCCCCCCCCCC(CCC)OC(=O)C1CC=CCC1C(=O)O. The number of carbonyl (C=O) groups excluding carboxylic acids is 1. The largest absolute Gasteiger partial charge is 0.481 e.